The Balaban J connectivity index is 2.11. The highest BCUT2D eigenvalue weighted by Crippen LogP contribution is 2.20. The lowest BCUT2D eigenvalue weighted by atomic mass is 10.2. The van der Waals surface area contributed by atoms with E-state index in [0.29, 0.717) is 5.82 Å². The summed E-state index contributed by atoms with van der Waals surface area (Å²) in [4.78, 5) is 10.4. The van der Waals surface area contributed by atoms with Gasteiger partial charge in [0, 0.05) is 24.1 Å². The number of benzene rings is 1. The molecule has 0 spiro atoms. The van der Waals surface area contributed by atoms with E-state index in [9.17, 15) is 0 Å². The molecule has 1 aromatic carbocycles. The maximum absolute atomic E-state index is 8.56. The summed E-state index contributed by atoms with van der Waals surface area (Å²) >= 11 is 3.54. The molecule has 0 bridgehead atoms. The molecule has 0 unspecified atom stereocenters. The summed E-state index contributed by atoms with van der Waals surface area (Å²) in [6, 6.07) is 11.9. The molecule has 1 N–H and O–H groups in total. The van der Waals surface area contributed by atoms with Crippen molar-refractivity contribution in [2.75, 3.05) is 23.8 Å². The maximum Gasteiger partial charge on any atom is 0.134 e. The number of nitriles is 1. The highest BCUT2D eigenvalue weighted by Gasteiger charge is 2.07. The molecule has 6 heteroatoms. The molecule has 20 heavy (non-hydrogen) atoms. The highest BCUT2D eigenvalue weighted by molar-refractivity contribution is 9.10. The zero-order valence-electron chi connectivity index (χ0n) is 11.0. The van der Waals surface area contributed by atoms with Gasteiger partial charge in [-0.1, -0.05) is 34.1 Å². The van der Waals surface area contributed by atoms with E-state index in [2.05, 4.69) is 37.3 Å². The summed E-state index contributed by atoms with van der Waals surface area (Å²) in [7, 11) is 1.97. The van der Waals surface area contributed by atoms with E-state index in [0.717, 1.165) is 16.8 Å². The second-order valence-electron chi connectivity index (χ2n) is 4.22. The van der Waals surface area contributed by atoms with E-state index >= 15 is 0 Å². The molecule has 102 valence electrons. The lowest BCUT2D eigenvalue weighted by molar-refractivity contribution is 0.887. The zero-order valence-corrected chi connectivity index (χ0v) is 12.6. The molecular weight excluding hydrogens is 318 g/mol. The number of hydrogen-bond donors (Lipinski definition) is 1. The van der Waals surface area contributed by atoms with Gasteiger partial charge in [-0.25, -0.2) is 9.97 Å². The predicted octanol–water partition coefficient (Wildman–Crippen LogP) is 2.81. The Morgan fingerprint density at radius 1 is 1.35 bits per heavy atom. The van der Waals surface area contributed by atoms with Crippen molar-refractivity contribution in [3.05, 3.63) is 46.7 Å². The molecule has 0 aliphatic rings. The Kier molecular flexibility index (Phi) is 4.91. The van der Waals surface area contributed by atoms with E-state index in [1.165, 1.54) is 11.9 Å². The molecular formula is C14H14BrN5. The fraction of sp³-hybridized carbons (Fsp3) is 0.214. The molecule has 0 atom stereocenters. The topological polar surface area (TPSA) is 64.8 Å². The van der Waals surface area contributed by atoms with E-state index in [1.54, 1.807) is 0 Å². The normalized spacial score (nSPS) is 9.85. The largest absolute Gasteiger partial charge is 0.357 e. The molecule has 5 nitrogen and oxygen atoms in total. The van der Waals surface area contributed by atoms with Gasteiger partial charge in [-0.05, 0) is 11.6 Å². The molecule has 0 fully saturated rings. The van der Waals surface area contributed by atoms with Crippen LogP contribution in [-0.4, -0.2) is 23.6 Å². The van der Waals surface area contributed by atoms with Crippen molar-refractivity contribution in [2.45, 2.75) is 6.54 Å². The van der Waals surface area contributed by atoms with E-state index in [-0.39, 0.29) is 6.54 Å². The van der Waals surface area contributed by atoms with Crippen molar-refractivity contribution in [2.24, 2.45) is 0 Å². The van der Waals surface area contributed by atoms with Gasteiger partial charge < -0.3 is 10.2 Å². The second kappa shape index (κ2) is 6.87. The van der Waals surface area contributed by atoms with Crippen LogP contribution in [0.5, 0.6) is 0 Å². The minimum absolute atomic E-state index is 0.227. The van der Waals surface area contributed by atoms with Crippen LogP contribution in [0.25, 0.3) is 0 Å². The van der Waals surface area contributed by atoms with Crippen LogP contribution in [0.2, 0.25) is 0 Å². The number of hydrogen-bond acceptors (Lipinski definition) is 5. The van der Waals surface area contributed by atoms with Crippen LogP contribution in [0.4, 0.5) is 11.6 Å². The first-order valence-corrected chi connectivity index (χ1v) is 6.87. The Morgan fingerprint density at radius 3 is 2.90 bits per heavy atom. The van der Waals surface area contributed by atoms with Crippen LogP contribution < -0.4 is 10.2 Å². The minimum atomic E-state index is 0.227. The molecule has 0 radical (unpaired) electrons. The fourth-order valence-corrected chi connectivity index (χ4v) is 2.16. The quantitative estimate of drug-likeness (QED) is 0.853. The standard InChI is InChI=1S/C14H14BrN5/c1-20(9-11-4-2-3-5-12(11)15)14-8-13(17-7-6-16)18-10-19-14/h2-5,8,10H,7,9H2,1H3,(H,17,18,19). The number of aromatic nitrogens is 2. The van der Waals surface area contributed by atoms with Crippen LogP contribution in [-0.2, 0) is 6.54 Å². The van der Waals surface area contributed by atoms with Crippen LogP contribution in [0.3, 0.4) is 0 Å². The summed E-state index contributed by atoms with van der Waals surface area (Å²) in [5, 5.41) is 11.5. The number of anilines is 2. The van der Waals surface area contributed by atoms with Crippen LogP contribution in [0, 0.1) is 11.3 Å². The van der Waals surface area contributed by atoms with Gasteiger partial charge >= 0.3 is 0 Å². The second-order valence-corrected chi connectivity index (χ2v) is 5.07. The van der Waals surface area contributed by atoms with Crippen LogP contribution >= 0.6 is 15.9 Å². The number of rotatable bonds is 5. The summed E-state index contributed by atoms with van der Waals surface area (Å²) < 4.78 is 1.07. The average molecular weight is 332 g/mol. The summed E-state index contributed by atoms with van der Waals surface area (Å²) in [6.07, 6.45) is 1.49. The van der Waals surface area contributed by atoms with Gasteiger partial charge in [-0.15, -0.1) is 0 Å². The molecule has 2 rings (SSSR count). The van der Waals surface area contributed by atoms with E-state index in [4.69, 9.17) is 5.26 Å². The lowest BCUT2D eigenvalue weighted by Gasteiger charge is -2.19. The first-order valence-electron chi connectivity index (χ1n) is 6.08. The zero-order chi connectivity index (χ0) is 14.4. The average Bonchev–Trinajstić information content (AvgIpc) is 2.48. The first-order chi connectivity index (χ1) is 9.70. The van der Waals surface area contributed by atoms with Crippen molar-refractivity contribution in [1.29, 1.82) is 5.26 Å². The number of halogens is 1. The Hall–Kier alpha value is -2.13. The predicted molar refractivity (Wildman–Crippen MR) is 82.4 cm³/mol. The van der Waals surface area contributed by atoms with Crippen molar-refractivity contribution < 1.29 is 0 Å². The Labute approximate surface area is 126 Å². The molecule has 0 saturated carbocycles. The van der Waals surface area contributed by atoms with Crippen molar-refractivity contribution >= 4 is 27.6 Å². The highest BCUT2D eigenvalue weighted by atomic mass is 79.9. The number of nitrogens with zero attached hydrogens (tertiary/aromatic N) is 4. The van der Waals surface area contributed by atoms with Crippen molar-refractivity contribution in [3.63, 3.8) is 0 Å². The van der Waals surface area contributed by atoms with Gasteiger partial charge in [0.05, 0.1) is 6.07 Å². The Morgan fingerprint density at radius 2 is 2.15 bits per heavy atom. The molecule has 0 aliphatic heterocycles. The molecule has 1 aromatic heterocycles. The molecule has 0 aliphatic carbocycles. The molecule has 0 saturated heterocycles. The van der Waals surface area contributed by atoms with Gasteiger partial charge in [0.15, 0.2) is 0 Å². The third-order valence-corrected chi connectivity index (χ3v) is 3.53. The summed E-state index contributed by atoms with van der Waals surface area (Å²) in [6.45, 7) is 0.959. The Bertz CT molecular complexity index is 623. The van der Waals surface area contributed by atoms with Gasteiger partial charge in [-0.2, -0.15) is 5.26 Å². The van der Waals surface area contributed by atoms with Gasteiger partial charge in [-0.3, -0.25) is 0 Å². The minimum Gasteiger partial charge on any atom is -0.357 e. The van der Waals surface area contributed by atoms with Crippen molar-refractivity contribution in [1.82, 2.24) is 9.97 Å². The molecule has 1 heterocycles. The van der Waals surface area contributed by atoms with E-state index < -0.39 is 0 Å². The summed E-state index contributed by atoms with van der Waals surface area (Å²) in [5.74, 6) is 1.45. The van der Waals surface area contributed by atoms with Gasteiger partial charge in [0.25, 0.3) is 0 Å². The van der Waals surface area contributed by atoms with Crippen LogP contribution in [0.15, 0.2) is 41.1 Å². The van der Waals surface area contributed by atoms with Crippen molar-refractivity contribution in [3.8, 4) is 6.07 Å². The van der Waals surface area contributed by atoms with Gasteiger partial charge in [0.2, 0.25) is 0 Å². The fourth-order valence-electron chi connectivity index (χ4n) is 1.75. The molecule has 0 amide bonds. The number of nitrogens with one attached hydrogen (secondary N) is 1. The third-order valence-electron chi connectivity index (χ3n) is 2.76. The SMILES string of the molecule is CN(Cc1ccccc1Br)c1cc(NCC#N)ncn1. The smallest absolute Gasteiger partial charge is 0.134 e. The third kappa shape index (κ3) is 3.68. The monoisotopic (exact) mass is 331 g/mol. The van der Waals surface area contributed by atoms with E-state index in [1.807, 2.05) is 42.3 Å². The molecule has 2 aromatic rings. The summed E-state index contributed by atoms with van der Waals surface area (Å²) in [5.41, 5.74) is 1.18. The maximum atomic E-state index is 8.56. The van der Waals surface area contributed by atoms with Gasteiger partial charge in [0.1, 0.15) is 24.5 Å². The lowest BCUT2D eigenvalue weighted by Crippen LogP contribution is -2.18. The first kappa shape index (κ1) is 14.3. The van der Waals surface area contributed by atoms with Crippen LogP contribution in [0.1, 0.15) is 5.56 Å².